The van der Waals surface area contributed by atoms with Crippen LogP contribution in [0.5, 0.6) is 0 Å². The van der Waals surface area contributed by atoms with Crippen LogP contribution in [0.15, 0.2) is 22.7 Å². The van der Waals surface area contributed by atoms with Crippen LogP contribution in [0, 0.1) is 6.92 Å². The van der Waals surface area contributed by atoms with Crippen molar-refractivity contribution < 1.29 is 14.3 Å². The van der Waals surface area contributed by atoms with E-state index in [1.165, 1.54) is 6.20 Å². The molecule has 0 bridgehead atoms. The largest absolute Gasteiger partial charge is 0.475 e. The highest BCUT2D eigenvalue weighted by molar-refractivity contribution is 6.31. The third-order valence-electron chi connectivity index (χ3n) is 4.28. The van der Waals surface area contributed by atoms with Crippen LogP contribution >= 0.6 is 11.6 Å². The summed E-state index contributed by atoms with van der Waals surface area (Å²) in [6.45, 7) is 7.92. The molecule has 1 atom stereocenters. The summed E-state index contributed by atoms with van der Waals surface area (Å²) in [4.78, 5) is 17.2. The lowest BCUT2D eigenvalue weighted by Crippen LogP contribution is -2.48. The van der Waals surface area contributed by atoms with E-state index in [1.54, 1.807) is 6.07 Å². The number of hydrogen-bond acceptors (Lipinski definition) is 6. The Hall–Kier alpha value is -2.09. The number of carboxylic acid groups (broad SMARTS) is 1. The topological polar surface area (TPSA) is 90.6 Å². The van der Waals surface area contributed by atoms with E-state index in [0.717, 1.165) is 43.0 Å². The Balaban J connectivity index is 1.80. The first-order chi connectivity index (χ1) is 11.9. The van der Waals surface area contributed by atoms with Gasteiger partial charge in [0.2, 0.25) is 5.76 Å². The molecule has 1 aromatic carbocycles. The molecule has 3 N–H and O–H groups in total. The third-order valence-corrected chi connectivity index (χ3v) is 4.50. The number of nitrogens with zero attached hydrogens (tertiary/aromatic N) is 2. The highest BCUT2D eigenvalue weighted by Gasteiger charge is 2.18. The molecule has 1 aromatic heterocycles. The minimum Gasteiger partial charge on any atom is -0.475 e. The van der Waals surface area contributed by atoms with Crippen molar-refractivity contribution in [2.45, 2.75) is 26.4 Å². The highest BCUT2D eigenvalue weighted by atomic mass is 35.5. The highest BCUT2D eigenvalue weighted by Crippen LogP contribution is 2.28. The molecule has 8 heteroatoms. The van der Waals surface area contributed by atoms with Crippen molar-refractivity contribution in [1.29, 1.82) is 0 Å². The van der Waals surface area contributed by atoms with Gasteiger partial charge in [0.05, 0.1) is 6.20 Å². The smallest absolute Gasteiger partial charge is 0.373 e. The summed E-state index contributed by atoms with van der Waals surface area (Å²) >= 11 is 6.27. The van der Waals surface area contributed by atoms with Gasteiger partial charge < -0.3 is 20.2 Å². The summed E-state index contributed by atoms with van der Waals surface area (Å²) in [6.07, 6.45) is 1.17. The number of halogens is 1. The fraction of sp³-hybridized carbons (Fsp3) is 0.412. The van der Waals surface area contributed by atoms with E-state index in [4.69, 9.17) is 21.1 Å². The fourth-order valence-corrected chi connectivity index (χ4v) is 3.21. The summed E-state index contributed by atoms with van der Waals surface area (Å²) in [7, 11) is 0. The molecule has 0 spiro atoms. The zero-order valence-electron chi connectivity index (χ0n) is 14.2. The number of anilines is 2. The van der Waals surface area contributed by atoms with Gasteiger partial charge >= 0.3 is 5.97 Å². The molecular formula is C17H21ClN4O3. The molecule has 1 aliphatic rings. The molecule has 0 saturated carbocycles. The first kappa shape index (κ1) is 17.7. The minimum absolute atomic E-state index is 0.129. The van der Waals surface area contributed by atoms with E-state index < -0.39 is 5.97 Å². The van der Waals surface area contributed by atoms with Crippen molar-refractivity contribution in [2.75, 3.05) is 25.0 Å². The van der Waals surface area contributed by atoms with E-state index in [2.05, 4.69) is 27.4 Å². The van der Waals surface area contributed by atoms with Gasteiger partial charge in [-0.2, -0.15) is 0 Å². The van der Waals surface area contributed by atoms with Gasteiger partial charge in [0, 0.05) is 42.9 Å². The van der Waals surface area contributed by atoms with Gasteiger partial charge in [-0.3, -0.25) is 4.90 Å². The van der Waals surface area contributed by atoms with Gasteiger partial charge in [-0.25, -0.2) is 9.78 Å². The Labute approximate surface area is 151 Å². The van der Waals surface area contributed by atoms with Crippen molar-refractivity contribution in [3.8, 4) is 0 Å². The number of benzene rings is 1. The molecule has 1 aliphatic heterocycles. The fourth-order valence-electron chi connectivity index (χ4n) is 2.97. The number of aromatic carboxylic acids is 1. The lowest BCUT2D eigenvalue weighted by Gasteiger charge is -2.32. The van der Waals surface area contributed by atoms with Crippen LogP contribution in [0.2, 0.25) is 5.02 Å². The maximum absolute atomic E-state index is 10.9. The number of rotatable bonds is 5. The molecule has 25 heavy (non-hydrogen) atoms. The van der Waals surface area contributed by atoms with Crippen LogP contribution in [0.25, 0.3) is 0 Å². The maximum Gasteiger partial charge on any atom is 0.373 e. The number of carbonyl (C=O) groups is 1. The minimum atomic E-state index is -1.16. The molecule has 0 unspecified atom stereocenters. The first-order valence-corrected chi connectivity index (χ1v) is 8.51. The number of oxazole rings is 1. The van der Waals surface area contributed by atoms with E-state index in [-0.39, 0.29) is 11.8 Å². The van der Waals surface area contributed by atoms with Crippen molar-refractivity contribution >= 4 is 29.3 Å². The van der Waals surface area contributed by atoms with Crippen molar-refractivity contribution in [1.82, 2.24) is 15.2 Å². The van der Waals surface area contributed by atoms with Crippen molar-refractivity contribution in [2.24, 2.45) is 0 Å². The zero-order valence-corrected chi connectivity index (χ0v) is 14.9. The maximum atomic E-state index is 10.9. The van der Waals surface area contributed by atoms with Gasteiger partial charge in [-0.05, 0) is 37.1 Å². The Morgan fingerprint density at radius 3 is 3.04 bits per heavy atom. The lowest BCUT2D eigenvalue weighted by atomic mass is 10.1. The van der Waals surface area contributed by atoms with Crippen molar-refractivity contribution in [3.05, 3.63) is 40.2 Å². The first-order valence-electron chi connectivity index (χ1n) is 8.13. The lowest BCUT2D eigenvalue weighted by molar-refractivity contribution is 0.0663. The Morgan fingerprint density at radius 1 is 1.56 bits per heavy atom. The Kier molecular flexibility index (Phi) is 5.27. The number of aromatic nitrogens is 1. The summed E-state index contributed by atoms with van der Waals surface area (Å²) in [5, 5.41) is 16.0. The molecule has 7 nitrogen and oxygen atoms in total. The number of hydrogen-bond donors (Lipinski definition) is 3. The van der Waals surface area contributed by atoms with E-state index >= 15 is 0 Å². The van der Waals surface area contributed by atoms with Gasteiger partial charge in [0.1, 0.15) is 0 Å². The predicted octanol–water partition coefficient (Wildman–Crippen LogP) is 2.87. The van der Waals surface area contributed by atoms with Crippen LogP contribution < -0.4 is 10.6 Å². The normalized spacial score (nSPS) is 18.3. The van der Waals surface area contributed by atoms with Crippen LogP contribution in [-0.4, -0.2) is 46.6 Å². The van der Waals surface area contributed by atoms with E-state index in [9.17, 15) is 4.79 Å². The van der Waals surface area contributed by atoms with Gasteiger partial charge in [-0.15, -0.1) is 0 Å². The second kappa shape index (κ2) is 7.43. The van der Waals surface area contributed by atoms with Crippen LogP contribution in [0.1, 0.15) is 28.6 Å². The number of carboxylic acids is 1. The average molecular weight is 365 g/mol. The molecule has 2 aromatic rings. The van der Waals surface area contributed by atoms with Gasteiger partial charge in [0.15, 0.2) is 0 Å². The third kappa shape index (κ3) is 4.31. The second-order valence-electron chi connectivity index (χ2n) is 6.29. The molecule has 0 aliphatic carbocycles. The monoisotopic (exact) mass is 364 g/mol. The molecule has 0 radical (unpaired) electrons. The Bertz CT molecular complexity index is 777. The molecule has 134 valence electrons. The van der Waals surface area contributed by atoms with Gasteiger partial charge in [-0.1, -0.05) is 11.6 Å². The SMILES string of the molecule is Cc1c(CN2CCN[C@@H](C)C2)cc(Cl)cc1Nc1ncc(C(=O)O)o1. The van der Waals surface area contributed by atoms with Crippen molar-refractivity contribution in [3.63, 3.8) is 0 Å². The average Bonchev–Trinajstić information content (AvgIpc) is 3.01. The molecule has 1 saturated heterocycles. The van der Waals surface area contributed by atoms with Crippen LogP contribution in [0.3, 0.4) is 0 Å². The predicted molar refractivity (Wildman–Crippen MR) is 95.7 cm³/mol. The Morgan fingerprint density at radius 2 is 2.36 bits per heavy atom. The quantitative estimate of drug-likeness (QED) is 0.751. The van der Waals surface area contributed by atoms with Crippen LogP contribution in [-0.2, 0) is 6.54 Å². The molecule has 2 heterocycles. The summed E-state index contributed by atoms with van der Waals surface area (Å²) < 4.78 is 5.16. The summed E-state index contributed by atoms with van der Waals surface area (Å²) in [6, 6.07) is 4.34. The number of piperazine rings is 1. The molecule has 3 rings (SSSR count). The summed E-state index contributed by atoms with van der Waals surface area (Å²) in [5.74, 6) is -1.37. The number of nitrogens with one attached hydrogen (secondary N) is 2. The molecule has 0 amide bonds. The van der Waals surface area contributed by atoms with E-state index in [0.29, 0.717) is 11.1 Å². The summed E-state index contributed by atoms with van der Waals surface area (Å²) in [5.41, 5.74) is 2.91. The van der Waals surface area contributed by atoms with Crippen LogP contribution in [0.4, 0.5) is 11.7 Å². The standard InChI is InChI=1S/C17H21ClN4O3/c1-10-8-22(4-3-19-10)9-12-5-13(18)6-14(11(12)2)21-17-20-7-15(25-17)16(23)24/h5-7,10,19H,3-4,8-9H2,1-2H3,(H,20,21)(H,23,24)/t10-/m0/s1. The molecule has 1 fully saturated rings. The van der Waals surface area contributed by atoms with Gasteiger partial charge in [0.25, 0.3) is 6.01 Å². The zero-order chi connectivity index (χ0) is 18.0. The molecular weight excluding hydrogens is 344 g/mol. The van der Waals surface area contributed by atoms with E-state index in [1.807, 2.05) is 13.0 Å². The second-order valence-corrected chi connectivity index (χ2v) is 6.72.